The van der Waals surface area contributed by atoms with E-state index in [1.54, 1.807) is 22.8 Å². The van der Waals surface area contributed by atoms with Gasteiger partial charge in [0.15, 0.2) is 0 Å². The van der Waals surface area contributed by atoms with E-state index in [-0.39, 0.29) is 10.7 Å². The molecule has 1 N–H and O–H groups in total. The average molecular weight is 286 g/mol. The van der Waals surface area contributed by atoms with Crippen molar-refractivity contribution >= 4 is 40.1 Å². The quantitative estimate of drug-likeness (QED) is 0.913. The summed E-state index contributed by atoms with van der Waals surface area (Å²) < 4.78 is 1.77. The summed E-state index contributed by atoms with van der Waals surface area (Å²) in [6.45, 7) is 4.71. The lowest BCUT2D eigenvalue weighted by Crippen LogP contribution is -2.05. The van der Waals surface area contributed by atoms with Gasteiger partial charge < -0.3 is 9.67 Å². The van der Waals surface area contributed by atoms with Crippen molar-refractivity contribution in [3.63, 3.8) is 0 Å². The van der Waals surface area contributed by atoms with Gasteiger partial charge in [0.1, 0.15) is 10.7 Å². The van der Waals surface area contributed by atoms with Crippen LogP contribution < -0.4 is 0 Å². The molecule has 0 aliphatic heterocycles. The van der Waals surface area contributed by atoms with E-state index in [4.69, 9.17) is 23.2 Å². The SMILES string of the molecule is CC(C)Cn1c(Cl)c(C(=O)O)c2cccc(Cl)c21. The van der Waals surface area contributed by atoms with E-state index in [0.717, 1.165) is 0 Å². The highest BCUT2D eigenvalue weighted by Crippen LogP contribution is 2.34. The number of halogens is 2. The van der Waals surface area contributed by atoms with Crippen molar-refractivity contribution in [3.05, 3.63) is 33.9 Å². The highest BCUT2D eigenvalue weighted by Gasteiger charge is 2.22. The second kappa shape index (κ2) is 4.82. The molecule has 0 unspecified atom stereocenters. The lowest BCUT2D eigenvalue weighted by molar-refractivity contribution is 0.0699. The molecule has 5 heteroatoms. The first-order valence-electron chi connectivity index (χ1n) is 5.63. The monoisotopic (exact) mass is 285 g/mol. The molecule has 18 heavy (non-hydrogen) atoms. The minimum Gasteiger partial charge on any atom is -0.478 e. The molecular weight excluding hydrogens is 273 g/mol. The number of carboxylic acid groups (broad SMARTS) is 1. The molecule has 2 aromatic rings. The van der Waals surface area contributed by atoms with Gasteiger partial charge in [-0.05, 0) is 12.0 Å². The fourth-order valence-corrected chi connectivity index (χ4v) is 2.69. The van der Waals surface area contributed by atoms with E-state index < -0.39 is 5.97 Å². The largest absolute Gasteiger partial charge is 0.478 e. The Bertz CT molecular complexity index is 617. The van der Waals surface area contributed by atoms with Crippen LogP contribution in [-0.4, -0.2) is 15.6 Å². The molecule has 3 nitrogen and oxygen atoms in total. The maximum Gasteiger partial charge on any atom is 0.339 e. The Hall–Kier alpha value is -1.19. The Kier molecular flexibility index (Phi) is 3.55. The number of hydrogen-bond donors (Lipinski definition) is 1. The van der Waals surface area contributed by atoms with Gasteiger partial charge in [-0.1, -0.05) is 49.2 Å². The second-order valence-electron chi connectivity index (χ2n) is 4.61. The van der Waals surface area contributed by atoms with Crippen molar-refractivity contribution in [2.75, 3.05) is 0 Å². The first-order valence-corrected chi connectivity index (χ1v) is 6.38. The smallest absolute Gasteiger partial charge is 0.339 e. The Labute approximate surface area is 115 Å². The molecule has 2 rings (SSSR count). The molecule has 0 aliphatic rings. The molecular formula is C13H13Cl2NO2. The number of fused-ring (bicyclic) bond motifs is 1. The van der Waals surface area contributed by atoms with Gasteiger partial charge in [-0.15, -0.1) is 0 Å². The first-order chi connectivity index (χ1) is 8.43. The zero-order valence-corrected chi connectivity index (χ0v) is 11.6. The van der Waals surface area contributed by atoms with Gasteiger partial charge >= 0.3 is 5.97 Å². The van der Waals surface area contributed by atoms with Crippen LogP contribution in [0.3, 0.4) is 0 Å². The third kappa shape index (κ3) is 2.08. The fourth-order valence-electron chi connectivity index (χ4n) is 2.08. The van der Waals surface area contributed by atoms with Crippen molar-refractivity contribution in [2.45, 2.75) is 20.4 Å². The van der Waals surface area contributed by atoms with Crippen LogP contribution in [-0.2, 0) is 6.54 Å². The number of aromatic carboxylic acids is 1. The summed E-state index contributed by atoms with van der Waals surface area (Å²) in [5, 5.41) is 10.6. The number of hydrogen-bond acceptors (Lipinski definition) is 1. The van der Waals surface area contributed by atoms with Crippen LogP contribution in [0.5, 0.6) is 0 Å². The molecule has 0 fully saturated rings. The molecule has 0 saturated carbocycles. The Balaban J connectivity index is 2.83. The number of nitrogens with zero attached hydrogens (tertiary/aromatic N) is 1. The Morgan fingerprint density at radius 1 is 1.39 bits per heavy atom. The number of carbonyl (C=O) groups is 1. The third-order valence-electron chi connectivity index (χ3n) is 2.73. The van der Waals surface area contributed by atoms with E-state index in [1.165, 1.54) is 0 Å². The molecule has 1 aromatic heterocycles. The molecule has 0 radical (unpaired) electrons. The summed E-state index contributed by atoms with van der Waals surface area (Å²) >= 11 is 12.3. The van der Waals surface area contributed by atoms with Crippen LogP contribution in [0.15, 0.2) is 18.2 Å². The molecule has 0 spiro atoms. The highest BCUT2D eigenvalue weighted by molar-refractivity contribution is 6.39. The lowest BCUT2D eigenvalue weighted by Gasteiger charge is -2.10. The topological polar surface area (TPSA) is 42.2 Å². The summed E-state index contributed by atoms with van der Waals surface area (Å²) in [5.41, 5.74) is 0.810. The molecule has 0 aliphatic carbocycles. The normalized spacial score (nSPS) is 11.4. The van der Waals surface area contributed by atoms with Gasteiger partial charge in [-0.2, -0.15) is 0 Å². The molecule has 0 atom stereocenters. The summed E-state index contributed by atoms with van der Waals surface area (Å²) in [7, 11) is 0. The molecule has 1 aromatic carbocycles. The highest BCUT2D eigenvalue weighted by atomic mass is 35.5. The minimum atomic E-state index is -1.03. The van der Waals surface area contributed by atoms with Crippen molar-refractivity contribution in [1.82, 2.24) is 4.57 Å². The van der Waals surface area contributed by atoms with Crippen LogP contribution in [0.2, 0.25) is 10.2 Å². The van der Waals surface area contributed by atoms with E-state index >= 15 is 0 Å². The standard InChI is InChI=1S/C13H13Cl2NO2/c1-7(2)6-16-11-8(4-3-5-9(11)14)10(12(16)15)13(17)18/h3-5,7H,6H2,1-2H3,(H,17,18). The van der Waals surface area contributed by atoms with Crippen molar-refractivity contribution in [1.29, 1.82) is 0 Å². The second-order valence-corrected chi connectivity index (χ2v) is 5.38. The maximum absolute atomic E-state index is 11.3. The number of rotatable bonds is 3. The molecule has 1 heterocycles. The van der Waals surface area contributed by atoms with Crippen molar-refractivity contribution in [3.8, 4) is 0 Å². The number of para-hydroxylation sites is 1. The van der Waals surface area contributed by atoms with Crippen LogP contribution in [0, 0.1) is 5.92 Å². The van der Waals surface area contributed by atoms with E-state index in [2.05, 4.69) is 0 Å². The van der Waals surface area contributed by atoms with Gasteiger partial charge in [-0.25, -0.2) is 4.79 Å². The maximum atomic E-state index is 11.3. The van der Waals surface area contributed by atoms with Gasteiger partial charge in [0.05, 0.1) is 10.5 Å². The molecule has 0 amide bonds. The van der Waals surface area contributed by atoms with Crippen LogP contribution in [0.1, 0.15) is 24.2 Å². The van der Waals surface area contributed by atoms with Crippen LogP contribution in [0.4, 0.5) is 0 Å². The van der Waals surface area contributed by atoms with E-state index in [0.29, 0.717) is 28.4 Å². The van der Waals surface area contributed by atoms with E-state index in [9.17, 15) is 9.90 Å². The Morgan fingerprint density at radius 3 is 2.61 bits per heavy atom. The van der Waals surface area contributed by atoms with Crippen molar-refractivity contribution in [2.24, 2.45) is 5.92 Å². The molecule has 0 bridgehead atoms. The van der Waals surface area contributed by atoms with Crippen molar-refractivity contribution < 1.29 is 9.90 Å². The first kappa shape index (κ1) is 13.2. The van der Waals surface area contributed by atoms with Crippen LogP contribution >= 0.6 is 23.2 Å². The Morgan fingerprint density at radius 2 is 2.06 bits per heavy atom. The summed E-state index contributed by atoms with van der Waals surface area (Å²) in [6, 6.07) is 5.20. The number of benzene rings is 1. The van der Waals surface area contributed by atoms with Gasteiger partial charge in [0.25, 0.3) is 0 Å². The van der Waals surface area contributed by atoms with Gasteiger partial charge in [-0.3, -0.25) is 0 Å². The average Bonchev–Trinajstić information content (AvgIpc) is 2.52. The molecule has 0 saturated heterocycles. The minimum absolute atomic E-state index is 0.120. The summed E-state index contributed by atoms with van der Waals surface area (Å²) in [5.74, 6) is -0.689. The van der Waals surface area contributed by atoms with E-state index in [1.807, 2.05) is 13.8 Å². The predicted molar refractivity (Wildman–Crippen MR) is 73.8 cm³/mol. The predicted octanol–water partition coefficient (Wildman–Crippen LogP) is 4.30. The molecule has 96 valence electrons. The zero-order valence-electron chi connectivity index (χ0n) is 10.1. The van der Waals surface area contributed by atoms with Gasteiger partial charge in [0.2, 0.25) is 0 Å². The van der Waals surface area contributed by atoms with Gasteiger partial charge in [0, 0.05) is 11.9 Å². The van der Waals surface area contributed by atoms with Crippen LogP contribution in [0.25, 0.3) is 10.9 Å². The summed E-state index contributed by atoms with van der Waals surface area (Å²) in [4.78, 5) is 11.3. The number of carboxylic acids is 1. The lowest BCUT2D eigenvalue weighted by atomic mass is 10.2. The fraction of sp³-hybridized carbons (Fsp3) is 0.308. The third-order valence-corrected chi connectivity index (χ3v) is 3.43. The summed E-state index contributed by atoms with van der Waals surface area (Å²) in [6.07, 6.45) is 0. The number of aromatic nitrogens is 1. The zero-order chi connectivity index (χ0) is 13.4.